The second-order valence-electron chi connectivity index (χ2n) is 4.56. The van der Waals surface area contributed by atoms with Crippen LogP contribution >= 0.6 is 0 Å². The van der Waals surface area contributed by atoms with Crippen molar-refractivity contribution in [1.29, 1.82) is 0 Å². The highest BCUT2D eigenvalue weighted by Crippen LogP contribution is 2.09. The summed E-state index contributed by atoms with van der Waals surface area (Å²) in [5.41, 5.74) is 1.82. The monoisotopic (exact) mass is 263 g/mol. The van der Waals surface area contributed by atoms with Gasteiger partial charge in [-0.15, -0.1) is 0 Å². The SMILES string of the molecule is CCc1ccc(NC(=O)C(=O)NCCN(C)C)cc1. The van der Waals surface area contributed by atoms with Gasteiger partial charge in [0.05, 0.1) is 0 Å². The lowest BCUT2D eigenvalue weighted by atomic mass is 10.1. The third-order valence-corrected chi connectivity index (χ3v) is 2.67. The van der Waals surface area contributed by atoms with E-state index < -0.39 is 11.8 Å². The molecule has 0 aliphatic carbocycles. The molecule has 0 saturated heterocycles. The van der Waals surface area contributed by atoms with Crippen molar-refractivity contribution >= 4 is 17.5 Å². The predicted molar refractivity (Wildman–Crippen MR) is 76.0 cm³/mol. The molecule has 5 nitrogen and oxygen atoms in total. The number of likely N-dealkylation sites (N-methyl/N-ethyl adjacent to an activating group) is 1. The summed E-state index contributed by atoms with van der Waals surface area (Å²) in [5, 5.41) is 5.13. The van der Waals surface area contributed by atoms with Gasteiger partial charge in [0.15, 0.2) is 0 Å². The molecule has 1 aromatic rings. The van der Waals surface area contributed by atoms with E-state index in [2.05, 4.69) is 17.6 Å². The first-order valence-electron chi connectivity index (χ1n) is 6.35. The van der Waals surface area contributed by atoms with Crippen LogP contribution in [-0.4, -0.2) is 43.9 Å². The molecule has 0 spiro atoms. The summed E-state index contributed by atoms with van der Waals surface area (Å²) in [7, 11) is 3.81. The van der Waals surface area contributed by atoms with Gasteiger partial charge in [0, 0.05) is 18.8 Å². The Balaban J connectivity index is 2.42. The lowest BCUT2D eigenvalue weighted by molar-refractivity contribution is -0.136. The van der Waals surface area contributed by atoms with Crippen LogP contribution in [0.5, 0.6) is 0 Å². The molecule has 0 atom stereocenters. The van der Waals surface area contributed by atoms with Crippen molar-refractivity contribution in [3.05, 3.63) is 29.8 Å². The Hall–Kier alpha value is -1.88. The molecule has 104 valence electrons. The van der Waals surface area contributed by atoms with Gasteiger partial charge in [0.25, 0.3) is 0 Å². The number of amides is 2. The summed E-state index contributed by atoms with van der Waals surface area (Å²) in [6.07, 6.45) is 0.944. The molecule has 1 rings (SSSR count). The van der Waals surface area contributed by atoms with Crippen LogP contribution in [0.25, 0.3) is 0 Å². The number of hydrogen-bond acceptors (Lipinski definition) is 3. The van der Waals surface area contributed by atoms with Crippen LogP contribution in [0.3, 0.4) is 0 Å². The zero-order valence-electron chi connectivity index (χ0n) is 11.7. The molecule has 19 heavy (non-hydrogen) atoms. The normalized spacial score (nSPS) is 10.3. The molecule has 1 aromatic carbocycles. The molecule has 0 saturated carbocycles. The fourth-order valence-electron chi connectivity index (χ4n) is 1.48. The van der Waals surface area contributed by atoms with Crippen molar-refractivity contribution in [1.82, 2.24) is 10.2 Å². The number of benzene rings is 1. The maximum atomic E-state index is 11.6. The molecule has 2 amide bonds. The summed E-state index contributed by atoms with van der Waals surface area (Å²) in [6, 6.07) is 7.45. The lowest BCUT2D eigenvalue weighted by Gasteiger charge is -2.10. The van der Waals surface area contributed by atoms with Gasteiger partial charge >= 0.3 is 11.8 Å². The molecule has 0 heterocycles. The van der Waals surface area contributed by atoms with Crippen molar-refractivity contribution in [2.75, 3.05) is 32.5 Å². The van der Waals surface area contributed by atoms with Crippen LogP contribution in [0.15, 0.2) is 24.3 Å². The number of hydrogen-bond donors (Lipinski definition) is 2. The Bertz CT molecular complexity index is 427. The average molecular weight is 263 g/mol. The number of nitrogens with zero attached hydrogens (tertiary/aromatic N) is 1. The van der Waals surface area contributed by atoms with Crippen LogP contribution in [0.4, 0.5) is 5.69 Å². The summed E-state index contributed by atoms with van der Waals surface area (Å²) < 4.78 is 0. The lowest BCUT2D eigenvalue weighted by Crippen LogP contribution is -2.38. The van der Waals surface area contributed by atoms with E-state index >= 15 is 0 Å². The Morgan fingerprint density at radius 2 is 1.74 bits per heavy atom. The van der Waals surface area contributed by atoms with Gasteiger partial charge in [0.1, 0.15) is 0 Å². The second kappa shape index (κ2) is 7.53. The molecule has 2 N–H and O–H groups in total. The first-order chi connectivity index (χ1) is 9.02. The third kappa shape index (κ3) is 5.52. The molecule has 0 aliphatic heterocycles. The van der Waals surface area contributed by atoms with Crippen molar-refractivity contribution in [2.24, 2.45) is 0 Å². The van der Waals surface area contributed by atoms with Crippen molar-refractivity contribution < 1.29 is 9.59 Å². The minimum absolute atomic E-state index is 0.452. The highest BCUT2D eigenvalue weighted by Gasteiger charge is 2.12. The Labute approximate surface area is 114 Å². The van der Waals surface area contributed by atoms with Crippen molar-refractivity contribution in [3.63, 3.8) is 0 Å². The minimum atomic E-state index is -0.636. The fraction of sp³-hybridized carbons (Fsp3) is 0.429. The Morgan fingerprint density at radius 3 is 2.26 bits per heavy atom. The van der Waals surface area contributed by atoms with Gasteiger partial charge in [-0.05, 0) is 38.2 Å². The largest absolute Gasteiger partial charge is 0.347 e. The third-order valence-electron chi connectivity index (χ3n) is 2.67. The smallest absolute Gasteiger partial charge is 0.313 e. The van der Waals surface area contributed by atoms with Gasteiger partial charge in [-0.1, -0.05) is 19.1 Å². The molecular formula is C14H21N3O2. The maximum absolute atomic E-state index is 11.6. The van der Waals surface area contributed by atoms with E-state index in [1.807, 2.05) is 31.1 Å². The summed E-state index contributed by atoms with van der Waals surface area (Å²) in [5.74, 6) is -1.25. The molecule has 0 unspecified atom stereocenters. The topological polar surface area (TPSA) is 61.4 Å². The van der Waals surface area contributed by atoms with E-state index in [0.717, 1.165) is 6.42 Å². The Kier molecular flexibility index (Phi) is 6.02. The molecule has 0 bridgehead atoms. The molecule has 0 fully saturated rings. The zero-order valence-corrected chi connectivity index (χ0v) is 11.7. The van der Waals surface area contributed by atoms with Crippen LogP contribution in [-0.2, 0) is 16.0 Å². The molecular weight excluding hydrogens is 242 g/mol. The predicted octanol–water partition coefficient (Wildman–Crippen LogP) is 0.865. The van der Waals surface area contributed by atoms with Gasteiger partial charge < -0.3 is 15.5 Å². The van der Waals surface area contributed by atoms with Gasteiger partial charge in [-0.25, -0.2) is 0 Å². The van der Waals surface area contributed by atoms with Crippen molar-refractivity contribution in [2.45, 2.75) is 13.3 Å². The van der Waals surface area contributed by atoms with Gasteiger partial charge in [-0.2, -0.15) is 0 Å². The van der Waals surface area contributed by atoms with E-state index in [0.29, 0.717) is 18.8 Å². The molecule has 0 aliphatic rings. The maximum Gasteiger partial charge on any atom is 0.313 e. The number of aryl methyl sites for hydroxylation is 1. The van der Waals surface area contributed by atoms with Crippen LogP contribution < -0.4 is 10.6 Å². The molecule has 0 aromatic heterocycles. The number of carbonyl (C=O) groups is 2. The van der Waals surface area contributed by atoms with E-state index in [4.69, 9.17) is 0 Å². The highest BCUT2D eigenvalue weighted by atomic mass is 16.2. The fourth-order valence-corrected chi connectivity index (χ4v) is 1.48. The number of rotatable bonds is 5. The summed E-state index contributed by atoms with van der Waals surface area (Å²) in [6.45, 7) is 3.21. The van der Waals surface area contributed by atoms with E-state index in [1.165, 1.54) is 5.56 Å². The number of anilines is 1. The van der Waals surface area contributed by atoms with Crippen molar-refractivity contribution in [3.8, 4) is 0 Å². The minimum Gasteiger partial charge on any atom is -0.347 e. The van der Waals surface area contributed by atoms with Gasteiger partial charge in [-0.3, -0.25) is 9.59 Å². The number of carbonyl (C=O) groups excluding carboxylic acids is 2. The first-order valence-corrected chi connectivity index (χ1v) is 6.35. The van der Waals surface area contributed by atoms with E-state index in [1.54, 1.807) is 12.1 Å². The quantitative estimate of drug-likeness (QED) is 0.775. The second-order valence-corrected chi connectivity index (χ2v) is 4.56. The van der Waals surface area contributed by atoms with Crippen LogP contribution in [0.2, 0.25) is 0 Å². The van der Waals surface area contributed by atoms with Crippen LogP contribution in [0, 0.1) is 0 Å². The Morgan fingerprint density at radius 1 is 1.11 bits per heavy atom. The van der Waals surface area contributed by atoms with E-state index in [-0.39, 0.29) is 0 Å². The highest BCUT2D eigenvalue weighted by molar-refractivity contribution is 6.39. The standard InChI is InChI=1S/C14H21N3O2/c1-4-11-5-7-12(8-6-11)16-14(19)13(18)15-9-10-17(2)3/h5-8H,4,9-10H2,1-3H3,(H,15,18)(H,16,19). The van der Waals surface area contributed by atoms with Crippen LogP contribution in [0.1, 0.15) is 12.5 Å². The number of nitrogens with one attached hydrogen (secondary N) is 2. The molecule has 0 radical (unpaired) electrons. The van der Waals surface area contributed by atoms with E-state index in [9.17, 15) is 9.59 Å². The zero-order chi connectivity index (χ0) is 14.3. The first kappa shape index (κ1) is 15.2. The van der Waals surface area contributed by atoms with Gasteiger partial charge in [0.2, 0.25) is 0 Å². The average Bonchev–Trinajstić information content (AvgIpc) is 2.39. The molecule has 5 heteroatoms. The summed E-state index contributed by atoms with van der Waals surface area (Å²) >= 11 is 0. The summed E-state index contributed by atoms with van der Waals surface area (Å²) in [4.78, 5) is 25.0.